The minimum absolute atomic E-state index is 0.0366. The molecule has 0 radical (unpaired) electrons. The molecule has 0 heterocycles. The molecule has 3 N–H and O–H groups in total. The molecule has 3 nitrogen and oxygen atoms in total. The van der Waals surface area contributed by atoms with Crippen molar-refractivity contribution < 1.29 is 10.2 Å². The monoisotopic (exact) mass is 483 g/mol. The Hall–Kier alpha value is -1.20. The predicted octanol–water partition coefficient (Wildman–Crippen LogP) is 6.83. The van der Waals surface area contributed by atoms with E-state index < -0.39 is 0 Å². The first-order valence-electron chi connectivity index (χ1n) is 8.59. The molecule has 26 heavy (non-hydrogen) atoms. The van der Waals surface area contributed by atoms with E-state index in [9.17, 15) is 10.2 Å². The van der Waals surface area contributed by atoms with Crippen molar-refractivity contribution in [1.29, 1.82) is 0 Å². The Bertz CT molecular complexity index is 818. The molecule has 0 saturated carbocycles. The summed E-state index contributed by atoms with van der Waals surface area (Å²) < 4.78 is 1.51. The third-order valence-electron chi connectivity index (χ3n) is 4.36. The lowest BCUT2D eigenvalue weighted by Gasteiger charge is -2.28. The Kier molecular flexibility index (Phi) is 6.03. The van der Waals surface area contributed by atoms with Gasteiger partial charge >= 0.3 is 0 Å². The van der Waals surface area contributed by atoms with Gasteiger partial charge in [-0.05, 0) is 50.5 Å². The zero-order chi connectivity index (χ0) is 19.9. The summed E-state index contributed by atoms with van der Waals surface area (Å²) in [5.74, 6) is 0.460. The van der Waals surface area contributed by atoms with E-state index in [0.29, 0.717) is 16.7 Å². The van der Waals surface area contributed by atoms with E-state index in [-0.39, 0.29) is 22.3 Å². The lowest BCUT2D eigenvalue weighted by atomic mass is 9.79. The Morgan fingerprint density at radius 2 is 1.46 bits per heavy atom. The molecule has 0 amide bonds. The fourth-order valence-electron chi connectivity index (χ4n) is 2.72. The predicted molar refractivity (Wildman–Crippen MR) is 116 cm³/mol. The first kappa shape index (κ1) is 21.1. The molecule has 0 bridgehead atoms. The van der Waals surface area contributed by atoms with Gasteiger partial charge in [0, 0.05) is 22.1 Å². The molecule has 5 heteroatoms. The Morgan fingerprint density at radius 1 is 0.846 bits per heavy atom. The zero-order valence-corrected chi connectivity index (χ0v) is 19.3. The highest BCUT2D eigenvalue weighted by Crippen LogP contribution is 2.41. The summed E-state index contributed by atoms with van der Waals surface area (Å²) >= 11 is 6.80. The number of benzene rings is 2. The van der Waals surface area contributed by atoms with Gasteiger partial charge in [-0.2, -0.15) is 0 Å². The highest BCUT2D eigenvalue weighted by Gasteiger charge is 2.25. The van der Waals surface area contributed by atoms with E-state index in [2.05, 4.69) is 84.8 Å². The maximum absolute atomic E-state index is 10.8. The van der Waals surface area contributed by atoms with Gasteiger partial charge < -0.3 is 15.5 Å². The molecule has 0 aliphatic carbocycles. The molecule has 2 aromatic rings. The molecule has 0 saturated heterocycles. The van der Waals surface area contributed by atoms with Gasteiger partial charge in [-0.3, -0.25) is 0 Å². The average molecular weight is 485 g/mol. The van der Waals surface area contributed by atoms with Crippen molar-refractivity contribution in [2.45, 2.75) is 58.9 Å². The standard InChI is InChI=1S/C21H27Br2NO2/c1-20(2,3)13-8-15(21(4,5)6)19(26)17(9-13)24-11-12-7-14(22)10-16(23)18(12)25/h7-10,24-26H,11H2,1-6H3. The van der Waals surface area contributed by atoms with Gasteiger partial charge in [0.2, 0.25) is 0 Å². The van der Waals surface area contributed by atoms with Crippen LogP contribution >= 0.6 is 31.9 Å². The molecule has 2 aromatic carbocycles. The molecule has 142 valence electrons. The van der Waals surface area contributed by atoms with E-state index in [1.165, 1.54) is 0 Å². The first-order valence-corrected chi connectivity index (χ1v) is 10.2. The summed E-state index contributed by atoms with van der Waals surface area (Å²) in [6.45, 7) is 13.2. The van der Waals surface area contributed by atoms with Crippen molar-refractivity contribution in [3.05, 3.63) is 49.9 Å². The van der Waals surface area contributed by atoms with Crippen LogP contribution in [0.5, 0.6) is 11.5 Å². The Labute approximate surface area is 173 Å². The van der Waals surface area contributed by atoms with Crippen LogP contribution in [0.1, 0.15) is 58.2 Å². The number of hydrogen-bond acceptors (Lipinski definition) is 3. The fourth-order valence-corrected chi connectivity index (χ4v) is 4.03. The van der Waals surface area contributed by atoms with Crippen molar-refractivity contribution in [2.75, 3.05) is 5.32 Å². The Balaban J connectivity index is 2.46. The second kappa shape index (κ2) is 7.43. The molecule has 0 aliphatic rings. The molecule has 0 unspecified atom stereocenters. The highest BCUT2D eigenvalue weighted by molar-refractivity contribution is 9.11. The molecular weight excluding hydrogens is 458 g/mol. The largest absolute Gasteiger partial charge is 0.506 e. The SMILES string of the molecule is CC(C)(C)c1cc(NCc2cc(Br)cc(Br)c2O)c(O)c(C(C)(C)C)c1. The van der Waals surface area contributed by atoms with Gasteiger partial charge in [-0.25, -0.2) is 0 Å². The summed E-state index contributed by atoms with van der Waals surface area (Å²) in [7, 11) is 0. The molecule has 0 atom stereocenters. The number of hydrogen-bond donors (Lipinski definition) is 3. The highest BCUT2D eigenvalue weighted by atomic mass is 79.9. The molecule has 0 aliphatic heterocycles. The average Bonchev–Trinajstić information content (AvgIpc) is 2.48. The summed E-state index contributed by atoms with van der Waals surface area (Å²) in [6, 6.07) is 7.75. The minimum atomic E-state index is -0.178. The van der Waals surface area contributed by atoms with Crippen LogP contribution in [0.3, 0.4) is 0 Å². The third-order valence-corrected chi connectivity index (χ3v) is 5.42. The van der Waals surface area contributed by atoms with Crippen LogP contribution in [-0.4, -0.2) is 10.2 Å². The number of halogens is 2. The lowest BCUT2D eigenvalue weighted by Crippen LogP contribution is -2.17. The van der Waals surface area contributed by atoms with Crippen LogP contribution in [0.4, 0.5) is 5.69 Å². The Morgan fingerprint density at radius 3 is 2.00 bits per heavy atom. The number of phenols is 2. The normalized spacial score (nSPS) is 12.3. The maximum Gasteiger partial charge on any atom is 0.142 e. The number of nitrogens with one attached hydrogen (secondary N) is 1. The third kappa shape index (κ3) is 4.74. The smallest absolute Gasteiger partial charge is 0.142 e. The van der Waals surface area contributed by atoms with E-state index in [1.807, 2.05) is 12.1 Å². The van der Waals surface area contributed by atoms with E-state index in [0.717, 1.165) is 21.2 Å². The van der Waals surface area contributed by atoms with E-state index >= 15 is 0 Å². The van der Waals surface area contributed by atoms with Crippen LogP contribution < -0.4 is 5.32 Å². The van der Waals surface area contributed by atoms with Crippen molar-refractivity contribution in [2.24, 2.45) is 0 Å². The number of aromatic hydroxyl groups is 2. The van der Waals surface area contributed by atoms with Gasteiger partial charge in [0.1, 0.15) is 11.5 Å². The summed E-state index contributed by atoms with van der Waals surface area (Å²) in [4.78, 5) is 0. The first-order chi connectivity index (χ1) is 11.8. The molecular formula is C21H27Br2NO2. The van der Waals surface area contributed by atoms with Crippen molar-refractivity contribution >= 4 is 37.5 Å². The van der Waals surface area contributed by atoms with Crippen LogP contribution in [0.2, 0.25) is 0 Å². The molecule has 2 rings (SSSR count). The molecule has 0 spiro atoms. The fraction of sp³-hybridized carbons (Fsp3) is 0.429. The van der Waals surface area contributed by atoms with Gasteiger partial charge in [-0.15, -0.1) is 0 Å². The van der Waals surface area contributed by atoms with Crippen molar-refractivity contribution in [1.82, 2.24) is 0 Å². The van der Waals surface area contributed by atoms with Crippen LogP contribution in [0, 0.1) is 0 Å². The van der Waals surface area contributed by atoms with Crippen molar-refractivity contribution in [3.8, 4) is 11.5 Å². The molecule has 0 aromatic heterocycles. The van der Waals surface area contributed by atoms with E-state index in [1.54, 1.807) is 6.07 Å². The van der Waals surface area contributed by atoms with Crippen LogP contribution in [0.25, 0.3) is 0 Å². The van der Waals surface area contributed by atoms with E-state index in [4.69, 9.17) is 0 Å². The number of phenolic OH excluding ortho intramolecular Hbond substituents is 2. The summed E-state index contributed by atoms with van der Waals surface area (Å²) in [5.41, 5.74) is 3.27. The number of rotatable bonds is 3. The lowest BCUT2D eigenvalue weighted by molar-refractivity contribution is 0.446. The minimum Gasteiger partial charge on any atom is -0.506 e. The zero-order valence-electron chi connectivity index (χ0n) is 16.2. The maximum atomic E-state index is 10.8. The van der Waals surface area contributed by atoms with Gasteiger partial charge in [0.25, 0.3) is 0 Å². The quantitative estimate of drug-likeness (QED) is 0.418. The summed E-state index contributed by atoms with van der Waals surface area (Å²) in [5, 5.41) is 24.4. The van der Waals surface area contributed by atoms with Gasteiger partial charge in [-0.1, -0.05) is 63.5 Å². The topological polar surface area (TPSA) is 52.5 Å². The van der Waals surface area contributed by atoms with Crippen LogP contribution in [0.15, 0.2) is 33.2 Å². The van der Waals surface area contributed by atoms with Crippen LogP contribution in [-0.2, 0) is 17.4 Å². The number of anilines is 1. The molecule has 0 fully saturated rings. The summed E-state index contributed by atoms with van der Waals surface area (Å²) in [6.07, 6.45) is 0. The van der Waals surface area contributed by atoms with Crippen molar-refractivity contribution in [3.63, 3.8) is 0 Å². The van der Waals surface area contributed by atoms with Gasteiger partial charge in [0.15, 0.2) is 0 Å². The second-order valence-corrected chi connectivity index (χ2v) is 10.4. The second-order valence-electron chi connectivity index (χ2n) is 8.67. The van der Waals surface area contributed by atoms with Gasteiger partial charge in [0.05, 0.1) is 10.2 Å².